The van der Waals surface area contributed by atoms with Crippen molar-refractivity contribution in [2.24, 2.45) is 0 Å². The third kappa shape index (κ3) is 5.20. The summed E-state index contributed by atoms with van der Waals surface area (Å²) in [5.41, 5.74) is 1.56. The van der Waals surface area contributed by atoms with Crippen LogP contribution in [0.1, 0.15) is 17.5 Å². The van der Waals surface area contributed by atoms with Crippen LogP contribution >= 0.6 is 35.0 Å². The van der Waals surface area contributed by atoms with E-state index in [2.05, 4.69) is 5.32 Å². The van der Waals surface area contributed by atoms with Crippen molar-refractivity contribution in [1.29, 1.82) is 0 Å². The first-order valence-corrected chi connectivity index (χ1v) is 11.3. The van der Waals surface area contributed by atoms with E-state index in [4.69, 9.17) is 32.7 Å². The number of hydrogen-bond acceptors (Lipinski definition) is 6. The molecule has 2 aromatic rings. The van der Waals surface area contributed by atoms with Crippen LogP contribution in [0.25, 0.3) is 6.08 Å². The van der Waals surface area contributed by atoms with Crippen LogP contribution in [0.3, 0.4) is 0 Å². The van der Waals surface area contributed by atoms with E-state index in [1.165, 1.54) is 0 Å². The Morgan fingerprint density at radius 2 is 1.94 bits per heavy atom. The molecule has 0 atom stereocenters. The van der Waals surface area contributed by atoms with Crippen LogP contribution in [-0.2, 0) is 16.0 Å². The second-order valence-electron chi connectivity index (χ2n) is 7.04. The molecule has 2 aromatic carbocycles. The van der Waals surface area contributed by atoms with E-state index in [0.717, 1.165) is 22.2 Å². The molecule has 3 amide bonds. The zero-order valence-electron chi connectivity index (χ0n) is 16.7. The molecule has 7 nitrogen and oxygen atoms in total. The highest BCUT2D eigenvalue weighted by Gasteiger charge is 2.34. The summed E-state index contributed by atoms with van der Waals surface area (Å²) in [6, 6.07) is 10.5. The van der Waals surface area contributed by atoms with Gasteiger partial charge in [0.1, 0.15) is 0 Å². The Hall–Kier alpha value is -2.68. The van der Waals surface area contributed by atoms with Gasteiger partial charge in [-0.05, 0) is 59.7 Å². The lowest BCUT2D eigenvalue weighted by atomic mass is 10.1. The summed E-state index contributed by atoms with van der Waals surface area (Å²) in [6.07, 6.45) is 2.37. The first-order chi connectivity index (χ1) is 15.4. The molecule has 2 aliphatic heterocycles. The first-order valence-electron chi connectivity index (χ1n) is 9.76. The summed E-state index contributed by atoms with van der Waals surface area (Å²) in [6.45, 7) is 0.467. The standard InChI is InChI=1S/C22H18Cl2N2O5S/c23-15-4-3-14(16(24)11-15)10-19-21(28)26(22(29)32-19)8-7-25-20(27)6-2-13-1-5-17-18(9-13)31-12-30-17/h1,3-5,9-11H,2,6-8,12H2,(H,25,27)/b19-10-. The highest BCUT2D eigenvalue weighted by molar-refractivity contribution is 8.18. The Morgan fingerprint density at radius 3 is 2.75 bits per heavy atom. The van der Waals surface area contributed by atoms with E-state index in [1.807, 2.05) is 18.2 Å². The van der Waals surface area contributed by atoms with Crippen molar-refractivity contribution in [3.63, 3.8) is 0 Å². The molecular formula is C22H18Cl2N2O5S. The molecule has 2 heterocycles. The lowest BCUT2D eigenvalue weighted by Crippen LogP contribution is -2.37. The smallest absolute Gasteiger partial charge is 0.293 e. The predicted octanol–water partition coefficient (Wildman–Crippen LogP) is 4.51. The monoisotopic (exact) mass is 492 g/mol. The minimum absolute atomic E-state index is 0.0894. The van der Waals surface area contributed by atoms with Crippen LogP contribution in [0.5, 0.6) is 11.5 Å². The number of hydrogen-bond donors (Lipinski definition) is 1. The number of halogens is 2. The SMILES string of the molecule is O=C(CCc1ccc2c(c1)OCO2)NCCN1C(=O)S/C(=C\c2ccc(Cl)cc2Cl)C1=O. The van der Waals surface area contributed by atoms with Crippen LogP contribution in [0.15, 0.2) is 41.3 Å². The maximum atomic E-state index is 12.6. The molecule has 4 rings (SSSR count). The second-order valence-corrected chi connectivity index (χ2v) is 8.87. The van der Waals surface area contributed by atoms with Crippen molar-refractivity contribution in [2.45, 2.75) is 12.8 Å². The van der Waals surface area contributed by atoms with E-state index >= 15 is 0 Å². The summed E-state index contributed by atoms with van der Waals surface area (Å²) >= 11 is 12.9. The van der Waals surface area contributed by atoms with Gasteiger partial charge in [0.15, 0.2) is 11.5 Å². The number of nitrogens with zero attached hydrogens (tertiary/aromatic N) is 1. The molecule has 0 spiro atoms. The number of rotatable bonds is 7. The van der Waals surface area contributed by atoms with Gasteiger partial charge in [-0.25, -0.2) is 0 Å². The van der Waals surface area contributed by atoms with Crippen molar-refractivity contribution in [2.75, 3.05) is 19.9 Å². The number of ether oxygens (including phenoxy) is 2. The number of carbonyl (C=O) groups is 3. The maximum absolute atomic E-state index is 12.6. The van der Waals surface area contributed by atoms with Gasteiger partial charge in [0.25, 0.3) is 11.1 Å². The Balaban J connectivity index is 1.26. The van der Waals surface area contributed by atoms with Crippen molar-refractivity contribution < 1.29 is 23.9 Å². The van der Waals surface area contributed by atoms with Crippen molar-refractivity contribution in [3.8, 4) is 11.5 Å². The van der Waals surface area contributed by atoms with E-state index in [9.17, 15) is 14.4 Å². The number of fused-ring (bicyclic) bond motifs is 1. The molecule has 0 aromatic heterocycles. The van der Waals surface area contributed by atoms with Crippen LogP contribution in [0.4, 0.5) is 4.79 Å². The third-order valence-corrected chi connectivity index (χ3v) is 6.33. The number of amides is 3. The summed E-state index contributed by atoms with van der Waals surface area (Å²) < 4.78 is 10.6. The lowest BCUT2D eigenvalue weighted by molar-refractivity contribution is -0.124. The molecule has 0 unspecified atom stereocenters. The van der Waals surface area contributed by atoms with Gasteiger partial charge in [-0.15, -0.1) is 0 Å². The van der Waals surface area contributed by atoms with Gasteiger partial charge < -0.3 is 14.8 Å². The molecule has 166 valence electrons. The van der Waals surface area contributed by atoms with Gasteiger partial charge in [-0.1, -0.05) is 35.3 Å². The van der Waals surface area contributed by atoms with Crippen LogP contribution < -0.4 is 14.8 Å². The van der Waals surface area contributed by atoms with E-state index in [1.54, 1.807) is 24.3 Å². The van der Waals surface area contributed by atoms with E-state index in [0.29, 0.717) is 33.5 Å². The molecule has 0 aliphatic carbocycles. The molecule has 0 saturated carbocycles. The molecular weight excluding hydrogens is 475 g/mol. The Labute approximate surface area is 198 Å². The average Bonchev–Trinajstić information content (AvgIpc) is 3.33. The number of nitrogens with one attached hydrogen (secondary N) is 1. The highest BCUT2D eigenvalue weighted by Crippen LogP contribution is 2.34. The normalized spacial score (nSPS) is 16.2. The van der Waals surface area contributed by atoms with Gasteiger partial charge in [-0.3, -0.25) is 19.3 Å². The quantitative estimate of drug-likeness (QED) is 0.572. The van der Waals surface area contributed by atoms with Gasteiger partial charge in [0, 0.05) is 29.6 Å². The fourth-order valence-corrected chi connectivity index (χ4v) is 4.52. The van der Waals surface area contributed by atoms with Crippen molar-refractivity contribution >= 4 is 58.1 Å². The van der Waals surface area contributed by atoms with Gasteiger partial charge in [-0.2, -0.15) is 0 Å². The lowest BCUT2D eigenvalue weighted by Gasteiger charge is -2.13. The topological polar surface area (TPSA) is 84.9 Å². The molecule has 0 bridgehead atoms. The molecule has 0 radical (unpaired) electrons. The van der Waals surface area contributed by atoms with Crippen LogP contribution in [0, 0.1) is 0 Å². The minimum Gasteiger partial charge on any atom is -0.454 e. The molecule has 1 fully saturated rings. The minimum atomic E-state index is -0.416. The number of benzene rings is 2. The number of imide groups is 1. The molecule has 10 heteroatoms. The molecule has 1 N–H and O–H groups in total. The van der Waals surface area contributed by atoms with E-state index < -0.39 is 5.91 Å². The maximum Gasteiger partial charge on any atom is 0.293 e. The zero-order valence-corrected chi connectivity index (χ0v) is 19.1. The summed E-state index contributed by atoms with van der Waals surface area (Å²) in [5.74, 6) is 0.789. The highest BCUT2D eigenvalue weighted by atomic mass is 35.5. The number of carbonyl (C=O) groups excluding carboxylic acids is 3. The Morgan fingerprint density at radius 1 is 1.12 bits per heavy atom. The zero-order chi connectivity index (χ0) is 22.7. The van der Waals surface area contributed by atoms with Crippen molar-refractivity contribution in [1.82, 2.24) is 10.2 Å². The fraction of sp³-hybridized carbons (Fsp3) is 0.227. The predicted molar refractivity (Wildman–Crippen MR) is 123 cm³/mol. The Bertz CT molecular complexity index is 1120. The van der Waals surface area contributed by atoms with Gasteiger partial charge in [0.2, 0.25) is 12.7 Å². The van der Waals surface area contributed by atoms with Gasteiger partial charge >= 0.3 is 0 Å². The molecule has 2 aliphatic rings. The van der Waals surface area contributed by atoms with E-state index in [-0.39, 0.29) is 42.4 Å². The van der Waals surface area contributed by atoms with Gasteiger partial charge in [0.05, 0.1) is 4.91 Å². The Kier molecular flexibility index (Phi) is 6.93. The van der Waals surface area contributed by atoms with Crippen molar-refractivity contribution in [3.05, 3.63) is 62.5 Å². The average molecular weight is 493 g/mol. The summed E-state index contributed by atoms with van der Waals surface area (Å²) in [4.78, 5) is 38.4. The summed E-state index contributed by atoms with van der Waals surface area (Å²) in [7, 11) is 0. The molecule has 32 heavy (non-hydrogen) atoms. The fourth-order valence-electron chi connectivity index (χ4n) is 3.20. The largest absolute Gasteiger partial charge is 0.454 e. The molecule has 1 saturated heterocycles. The summed E-state index contributed by atoms with van der Waals surface area (Å²) in [5, 5.41) is 3.23. The van der Waals surface area contributed by atoms with Crippen LogP contribution in [0.2, 0.25) is 10.0 Å². The van der Waals surface area contributed by atoms with Crippen LogP contribution in [-0.4, -0.2) is 41.8 Å². The first kappa shape index (κ1) is 22.5. The number of aryl methyl sites for hydroxylation is 1. The number of thioether (sulfide) groups is 1. The second kappa shape index (κ2) is 9.85. The third-order valence-electron chi connectivity index (χ3n) is 4.86.